The number of benzene rings is 2. The van der Waals surface area contributed by atoms with Crippen molar-refractivity contribution in [1.29, 1.82) is 0 Å². The van der Waals surface area contributed by atoms with Gasteiger partial charge in [-0.3, -0.25) is 0 Å². The van der Waals surface area contributed by atoms with E-state index in [2.05, 4.69) is 29.3 Å². The molecule has 0 amide bonds. The summed E-state index contributed by atoms with van der Waals surface area (Å²) < 4.78 is 10.7. The highest BCUT2D eigenvalue weighted by atomic mass is 32.1. The second-order valence-electron chi connectivity index (χ2n) is 5.54. The average molecular weight is 328 g/mol. The van der Waals surface area contributed by atoms with Crippen molar-refractivity contribution in [2.75, 3.05) is 13.8 Å². The summed E-state index contributed by atoms with van der Waals surface area (Å²) in [6.07, 6.45) is 0. The Morgan fingerprint density at radius 1 is 1.17 bits per heavy atom. The topological polar surface area (TPSA) is 33.7 Å². The van der Waals surface area contributed by atoms with Gasteiger partial charge in [0, 0.05) is 13.6 Å². The van der Waals surface area contributed by atoms with Gasteiger partial charge in [-0.25, -0.2) is 0 Å². The maximum atomic E-state index is 5.51. The van der Waals surface area contributed by atoms with Gasteiger partial charge in [0.15, 0.2) is 16.6 Å². The molecular weight excluding hydrogens is 308 g/mol. The third-order valence-corrected chi connectivity index (χ3v) is 4.50. The molecule has 1 aliphatic heterocycles. The van der Waals surface area contributed by atoms with Gasteiger partial charge in [0.05, 0.1) is 6.04 Å². The Morgan fingerprint density at radius 3 is 2.70 bits per heavy atom. The van der Waals surface area contributed by atoms with E-state index in [4.69, 9.17) is 21.7 Å². The highest BCUT2D eigenvalue weighted by Gasteiger charge is 2.15. The smallest absolute Gasteiger partial charge is 0.231 e. The van der Waals surface area contributed by atoms with Crippen LogP contribution in [0.15, 0.2) is 48.5 Å². The zero-order valence-electron chi connectivity index (χ0n) is 13.3. The van der Waals surface area contributed by atoms with Crippen LogP contribution in [0.5, 0.6) is 11.5 Å². The molecule has 1 aliphatic rings. The molecule has 0 saturated heterocycles. The third-order valence-electron chi connectivity index (χ3n) is 4.06. The molecule has 2 aromatic rings. The van der Waals surface area contributed by atoms with Crippen LogP contribution in [0, 0.1) is 0 Å². The fourth-order valence-electron chi connectivity index (χ4n) is 2.48. The van der Waals surface area contributed by atoms with E-state index >= 15 is 0 Å². The standard InChI is InChI=1S/C18H20N2O2S/c1-13(15-6-4-3-5-7-15)20(2)18(23)19-11-14-8-9-16-17(10-14)22-12-21-16/h3-10,13H,11-12H2,1-2H3,(H,19,23)/t13-/m1/s1. The summed E-state index contributed by atoms with van der Waals surface area (Å²) in [5, 5.41) is 4.02. The first kappa shape index (κ1) is 15.6. The second kappa shape index (κ2) is 6.87. The van der Waals surface area contributed by atoms with Crippen LogP contribution in [0.25, 0.3) is 0 Å². The molecule has 0 aliphatic carbocycles. The summed E-state index contributed by atoms with van der Waals surface area (Å²) in [5.74, 6) is 1.59. The molecule has 0 bridgehead atoms. The fraction of sp³-hybridized carbons (Fsp3) is 0.278. The third kappa shape index (κ3) is 3.56. The summed E-state index contributed by atoms with van der Waals surface area (Å²) in [7, 11) is 2.01. The fourth-order valence-corrected chi connectivity index (χ4v) is 2.71. The average Bonchev–Trinajstić information content (AvgIpc) is 3.06. The normalized spacial score (nSPS) is 13.5. The molecule has 0 unspecified atom stereocenters. The van der Waals surface area contributed by atoms with Gasteiger partial charge in [-0.05, 0) is 42.4 Å². The van der Waals surface area contributed by atoms with Crippen LogP contribution in [-0.4, -0.2) is 23.9 Å². The van der Waals surface area contributed by atoms with E-state index in [9.17, 15) is 0 Å². The van der Waals surface area contributed by atoms with E-state index in [0.29, 0.717) is 13.3 Å². The van der Waals surface area contributed by atoms with E-state index in [-0.39, 0.29) is 6.04 Å². The van der Waals surface area contributed by atoms with Crippen LogP contribution in [0.4, 0.5) is 0 Å². The van der Waals surface area contributed by atoms with E-state index in [1.807, 2.05) is 43.4 Å². The Morgan fingerprint density at radius 2 is 1.91 bits per heavy atom. The predicted octanol–water partition coefficient (Wildman–Crippen LogP) is 3.48. The lowest BCUT2D eigenvalue weighted by atomic mass is 10.1. The molecule has 23 heavy (non-hydrogen) atoms. The number of nitrogens with one attached hydrogen (secondary N) is 1. The number of nitrogens with zero attached hydrogens (tertiary/aromatic N) is 1. The minimum Gasteiger partial charge on any atom is -0.454 e. The lowest BCUT2D eigenvalue weighted by molar-refractivity contribution is 0.174. The highest BCUT2D eigenvalue weighted by molar-refractivity contribution is 7.80. The monoisotopic (exact) mass is 328 g/mol. The quantitative estimate of drug-likeness (QED) is 0.869. The van der Waals surface area contributed by atoms with Crippen LogP contribution in [0.3, 0.4) is 0 Å². The molecule has 120 valence electrons. The van der Waals surface area contributed by atoms with Gasteiger partial charge in [-0.15, -0.1) is 0 Å². The SMILES string of the molecule is C[C@H](c1ccccc1)N(C)C(=S)NCc1ccc2c(c1)OCO2. The highest BCUT2D eigenvalue weighted by Crippen LogP contribution is 2.32. The number of fused-ring (bicyclic) bond motifs is 1. The molecule has 1 heterocycles. The first-order chi connectivity index (χ1) is 11.1. The summed E-state index contributed by atoms with van der Waals surface area (Å²) >= 11 is 5.51. The molecule has 2 aromatic carbocycles. The van der Waals surface area contributed by atoms with Gasteiger partial charge in [-0.2, -0.15) is 0 Å². The van der Waals surface area contributed by atoms with Crippen LogP contribution in [0.1, 0.15) is 24.1 Å². The van der Waals surface area contributed by atoms with Crippen molar-refractivity contribution < 1.29 is 9.47 Å². The van der Waals surface area contributed by atoms with Gasteiger partial charge in [0.25, 0.3) is 0 Å². The number of hydrogen-bond acceptors (Lipinski definition) is 3. The number of thiocarbonyl (C=S) groups is 1. The molecule has 0 radical (unpaired) electrons. The van der Waals surface area contributed by atoms with Crippen molar-refractivity contribution in [3.05, 3.63) is 59.7 Å². The molecular formula is C18H20N2O2S. The number of rotatable bonds is 4. The van der Waals surface area contributed by atoms with Crippen molar-refractivity contribution in [3.8, 4) is 11.5 Å². The van der Waals surface area contributed by atoms with Crippen molar-refractivity contribution in [3.63, 3.8) is 0 Å². The molecule has 1 atom stereocenters. The van der Waals surface area contributed by atoms with Crippen molar-refractivity contribution in [1.82, 2.24) is 10.2 Å². The van der Waals surface area contributed by atoms with E-state index in [1.165, 1.54) is 5.56 Å². The first-order valence-electron chi connectivity index (χ1n) is 7.59. The Hall–Kier alpha value is -2.27. The van der Waals surface area contributed by atoms with Crippen molar-refractivity contribution in [2.45, 2.75) is 19.5 Å². The van der Waals surface area contributed by atoms with Crippen LogP contribution >= 0.6 is 12.2 Å². The van der Waals surface area contributed by atoms with E-state index in [1.54, 1.807) is 0 Å². The minimum atomic E-state index is 0.216. The minimum absolute atomic E-state index is 0.216. The van der Waals surface area contributed by atoms with Gasteiger partial charge < -0.3 is 19.7 Å². The number of ether oxygens (including phenoxy) is 2. The Bertz CT molecular complexity index is 691. The van der Waals surface area contributed by atoms with E-state index in [0.717, 1.165) is 22.2 Å². The maximum absolute atomic E-state index is 5.51. The van der Waals surface area contributed by atoms with E-state index < -0.39 is 0 Å². The van der Waals surface area contributed by atoms with Crippen molar-refractivity contribution >= 4 is 17.3 Å². The van der Waals surface area contributed by atoms with Crippen molar-refractivity contribution in [2.24, 2.45) is 0 Å². The predicted molar refractivity (Wildman–Crippen MR) is 94.6 cm³/mol. The molecule has 4 nitrogen and oxygen atoms in total. The lowest BCUT2D eigenvalue weighted by Crippen LogP contribution is -2.38. The van der Waals surface area contributed by atoms with Crippen LogP contribution < -0.4 is 14.8 Å². The summed E-state index contributed by atoms with van der Waals surface area (Å²) in [5.41, 5.74) is 2.35. The molecule has 0 saturated carbocycles. The molecule has 5 heteroatoms. The largest absolute Gasteiger partial charge is 0.454 e. The molecule has 0 fully saturated rings. The molecule has 0 aromatic heterocycles. The summed E-state index contributed by atoms with van der Waals surface area (Å²) in [6.45, 7) is 3.09. The molecule has 1 N–H and O–H groups in total. The zero-order valence-corrected chi connectivity index (χ0v) is 14.1. The summed E-state index contributed by atoms with van der Waals surface area (Å²) in [4.78, 5) is 2.07. The number of hydrogen-bond donors (Lipinski definition) is 1. The first-order valence-corrected chi connectivity index (χ1v) is 8.00. The van der Waals surface area contributed by atoms with Crippen LogP contribution in [-0.2, 0) is 6.54 Å². The summed E-state index contributed by atoms with van der Waals surface area (Å²) in [6, 6.07) is 16.5. The lowest BCUT2D eigenvalue weighted by Gasteiger charge is -2.28. The van der Waals surface area contributed by atoms with Gasteiger partial charge in [0.2, 0.25) is 6.79 Å². The molecule has 3 rings (SSSR count). The van der Waals surface area contributed by atoms with Gasteiger partial charge >= 0.3 is 0 Å². The molecule has 0 spiro atoms. The van der Waals surface area contributed by atoms with Crippen LogP contribution in [0.2, 0.25) is 0 Å². The Balaban J connectivity index is 1.58. The van der Waals surface area contributed by atoms with Gasteiger partial charge in [-0.1, -0.05) is 36.4 Å². The Labute approximate surface area is 142 Å². The Kier molecular flexibility index (Phi) is 4.67. The van der Waals surface area contributed by atoms with Gasteiger partial charge in [0.1, 0.15) is 0 Å². The second-order valence-corrected chi connectivity index (χ2v) is 5.93. The maximum Gasteiger partial charge on any atom is 0.231 e. The zero-order chi connectivity index (χ0) is 16.2.